The third kappa shape index (κ3) is 3.64. The van der Waals surface area contributed by atoms with Gasteiger partial charge >= 0.3 is 0 Å². The van der Waals surface area contributed by atoms with Crippen molar-refractivity contribution in [3.05, 3.63) is 75.8 Å². The van der Waals surface area contributed by atoms with E-state index in [2.05, 4.69) is 4.72 Å². The van der Waals surface area contributed by atoms with E-state index < -0.39 is 26.5 Å². The Labute approximate surface area is 175 Å². The molecule has 0 spiro atoms. The molecule has 1 saturated heterocycles. The number of Topliss-reactive ketones (excluding diaryl/α,β-unsaturated/α-hetero) is 2. The van der Waals surface area contributed by atoms with E-state index in [0.29, 0.717) is 32.0 Å². The molecule has 0 radical (unpaired) electrons. The molecule has 7 nitrogen and oxygen atoms in total. The van der Waals surface area contributed by atoms with E-state index in [4.69, 9.17) is 4.74 Å². The van der Waals surface area contributed by atoms with Crippen LogP contribution in [0.2, 0.25) is 0 Å². The summed E-state index contributed by atoms with van der Waals surface area (Å²) in [5.74, 6) is -1.14. The van der Waals surface area contributed by atoms with Crippen molar-refractivity contribution in [2.24, 2.45) is 0 Å². The molecule has 0 unspecified atom stereocenters. The van der Waals surface area contributed by atoms with Gasteiger partial charge in [0.05, 0.1) is 13.2 Å². The van der Waals surface area contributed by atoms with Gasteiger partial charge in [0.1, 0.15) is 5.70 Å². The number of hydrogen-bond donors (Lipinski definition) is 1. The van der Waals surface area contributed by atoms with Crippen LogP contribution in [0.15, 0.2) is 59.1 Å². The van der Waals surface area contributed by atoms with Gasteiger partial charge in [-0.05, 0) is 24.1 Å². The fraction of sp³-hybridized carbons (Fsp3) is 0.273. The summed E-state index contributed by atoms with van der Waals surface area (Å²) in [6, 6.07) is 13.2. The van der Waals surface area contributed by atoms with Gasteiger partial charge < -0.3 is 9.64 Å². The highest BCUT2D eigenvalue weighted by molar-refractivity contribution is 7.97. The molecule has 4 rings (SSSR count). The quantitative estimate of drug-likeness (QED) is 0.790. The molecule has 0 amide bonds. The number of aryl methyl sites for hydroxylation is 1. The molecule has 8 heteroatoms. The highest BCUT2D eigenvalue weighted by Crippen LogP contribution is 2.32. The number of allylic oxidation sites excluding steroid dienone is 2. The smallest absolute Gasteiger partial charge is 0.268 e. The van der Waals surface area contributed by atoms with Crippen molar-refractivity contribution in [3.63, 3.8) is 0 Å². The minimum Gasteiger partial charge on any atom is -0.378 e. The summed E-state index contributed by atoms with van der Waals surface area (Å²) in [5, 5.41) is 0. The van der Waals surface area contributed by atoms with E-state index in [1.165, 1.54) is 6.07 Å². The van der Waals surface area contributed by atoms with Gasteiger partial charge in [-0.25, -0.2) is 8.42 Å². The Balaban J connectivity index is 1.82. The lowest BCUT2D eigenvalue weighted by molar-refractivity contribution is 0.0499. The maximum Gasteiger partial charge on any atom is 0.268 e. The normalized spacial score (nSPS) is 17.2. The molecule has 2 aromatic rings. The lowest BCUT2D eigenvalue weighted by Gasteiger charge is -2.33. The summed E-state index contributed by atoms with van der Waals surface area (Å²) < 4.78 is 34.5. The minimum absolute atomic E-state index is 0.0836. The van der Waals surface area contributed by atoms with Gasteiger partial charge in [0.2, 0.25) is 11.6 Å². The summed E-state index contributed by atoms with van der Waals surface area (Å²) >= 11 is 0. The Morgan fingerprint density at radius 1 is 0.933 bits per heavy atom. The maximum absolute atomic E-state index is 13.3. The molecule has 1 N–H and O–H groups in total. The van der Waals surface area contributed by atoms with Crippen LogP contribution >= 0.6 is 0 Å². The molecule has 1 heterocycles. The largest absolute Gasteiger partial charge is 0.378 e. The average molecular weight is 426 g/mol. The number of ketones is 2. The van der Waals surface area contributed by atoms with Crippen molar-refractivity contribution < 1.29 is 22.7 Å². The Hall–Kier alpha value is -2.97. The van der Waals surface area contributed by atoms with Crippen molar-refractivity contribution in [1.29, 1.82) is 0 Å². The molecule has 0 atom stereocenters. The average Bonchev–Trinajstić information content (AvgIpc) is 2.77. The zero-order valence-electron chi connectivity index (χ0n) is 16.6. The highest BCUT2D eigenvalue weighted by atomic mass is 32.2. The molecule has 1 aliphatic heterocycles. The molecule has 0 bridgehead atoms. The second-order valence-electron chi connectivity index (χ2n) is 7.14. The molecule has 1 fully saturated rings. The van der Waals surface area contributed by atoms with Crippen LogP contribution in [-0.2, 0) is 21.2 Å². The monoisotopic (exact) mass is 426 g/mol. The van der Waals surface area contributed by atoms with Gasteiger partial charge in [0.15, 0.2) is 4.91 Å². The highest BCUT2D eigenvalue weighted by Gasteiger charge is 2.41. The Morgan fingerprint density at radius 2 is 1.53 bits per heavy atom. The zero-order valence-corrected chi connectivity index (χ0v) is 17.4. The SMILES string of the molecule is CCc1ccc(NS(=O)(=O)C2=C(N3CCOCC3)C(=O)c3ccccc3C2=O)cc1. The number of nitrogens with one attached hydrogen (secondary N) is 1. The van der Waals surface area contributed by atoms with Crippen molar-refractivity contribution >= 4 is 27.3 Å². The number of nitrogens with zero attached hydrogens (tertiary/aromatic N) is 1. The van der Waals surface area contributed by atoms with E-state index in [9.17, 15) is 18.0 Å². The van der Waals surface area contributed by atoms with E-state index in [1.54, 1.807) is 35.2 Å². The number of rotatable bonds is 5. The molecule has 1 aliphatic carbocycles. The number of carbonyl (C=O) groups excluding carboxylic acids is 2. The number of carbonyl (C=O) groups is 2. The molecule has 2 aromatic carbocycles. The Bertz CT molecular complexity index is 1130. The zero-order chi connectivity index (χ0) is 21.3. The predicted octanol–water partition coefficient (Wildman–Crippen LogP) is 2.61. The van der Waals surface area contributed by atoms with E-state index in [1.807, 2.05) is 19.1 Å². The van der Waals surface area contributed by atoms with Crippen LogP contribution in [0, 0.1) is 0 Å². The number of ether oxygens (including phenoxy) is 1. The van der Waals surface area contributed by atoms with Gasteiger partial charge in [-0.2, -0.15) is 0 Å². The first kappa shape index (κ1) is 20.3. The molecule has 156 valence electrons. The number of hydrogen-bond acceptors (Lipinski definition) is 6. The van der Waals surface area contributed by atoms with Crippen LogP contribution in [0.1, 0.15) is 33.2 Å². The summed E-state index contributed by atoms with van der Waals surface area (Å²) in [7, 11) is -4.30. The van der Waals surface area contributed by atoms with Crippen molar-refractivity contribution in [1.82, 2.24) is 4.90 Å². The Kier molecular flexibility index (Phi) is 5.44. The first-order chi connectivity index (χ1) is 14.4. The molecule has 30 heavy (non-hydrogen) atoms. The summed E-state index contributed by atoms with van der Waals surface area (Å²) in [6.07, 6.45) is 0.823. The maximum atomic E-state index is 13.3. The van der Waals surface area contributed by atoms with Crippen LogP contribution in [0.3, 0.4) is 0 Å². The molecule has 0 aromatic heterocycles. The van der Waals surface area contributed by atoms with Crippen molar-refractivity contribution in [2.45, 2.75) is 13.3 Å². The molecular weight excluding hydrogens is 404 g/mol. The van der Waals surface area contributed by atoms with Crippen molar-refractivity contribution in [2.75, 3.05) is 31.0 Å². The molecular formula is C22H22N2O5S. The van der Waals surface area contributed by atoms with Crippen LogP contribution in [0.4, 0.5) is 5.69 Å². The van der Waals surface area contributed by atoms with E-state index in [0.717, 1.165) is 12.0 Å². The van der Waals surface area contributed by atoms with Crippen LogP contribution in [0.5, 0.6) is 0 Å². The minimum atomic E-state index is -4.30. The molecule has 2 aliphatic rings. The number of morpholine rings is 1. The third-order valence-corrected chi connectivity index (χ3v) is 6.68. The van der Waals surface area contributed by atoms with Crippen LogP contribution in [0.25, 0.3) is 0 Å². The third-order valence-electron chi connectivity index (χ3n) is 5.26. The van der Waals surface area contributed by atoms with Gasteiger partial charge in [-0.3, -0.25) is 14.3 Å². The van der Waals surface area contributed by atoms with Crippen molar-refractivity contribution in [3.8, 4) is 0 Å². The lowest BCUT2D eigenvalue weighted by Crippen LogP contribution is -2.43. The number of sulfonamides is 1. The lowest BCUT2D eigenvalue weighted by atomic mass is 9.91. The first-order valence-electron chi connectivity index (χ1n) is 9.79. The van der Waals surface area contributed by atoms with E-state index >= 15 is 0 Å². The Morgan fingerprint density at radius 3 is 2.13 bits per heavy atom. The van der Waals surface area contributed by atoms with E-state index in [-0.39, 0.29) is 16.8 Å². The predicted molar refractivity (Wildman–Crippen MR) is 113 cm³/mol. The summed E-state index contributed by atoms with van der Waals surface area (Å²) in [6.45, 7) is 3.38. The number of benzene rings is 2. The second kappa shape index (κ2) is 8.04. The fourth-order valence-corrected chi connectivity index (χ4v) is 5.06. The summed E-state index contributed by atoms with van der Waals surface area (Å²) in [4.78, 5) is 27.7. The first-order valence-corrected chi connectivity index (χ1v) is 11.3. The van der Waals surface area contributed by atoms with Gasteiger partial charge in [-0.15, -0.1) is 0 Å². The van der Waals surface area contributed by atoms with Crippen LogP contribution in [-0.4, -0.2) is 51.2 Å². The number of fused-ring (bicyclic) bond motifs is 1. The molecule has 0 saturated carbocycles. The topological polar surface area (TPSA) is 92.8 Å². The fourth-order valence-electron chi connectivity index (χ4n) is 3.68. The summed E-state index contributed by atoms with van der Waals surface area (Å²) in [5.41, 5.74) is 1.63. The van der Waals surface area contributed by atoms with Gasteiger partial charge in [0, 0.05) is 29.9 Å². The van der Waals surface area contributed by atoms with Crippen LogP contribution < -0.4 is 4.72 Å². The number of anilines is 1. The second-order valence-corrected chi connectivity index (χ2v) is 8.76. The van der Waals surface area contributed by atoms with Gasteiger partial charge in [0.25, 0.3) is 10.0 Å². The van der Waals surface area contributed by atoms with Gasteiger partial charge in [-0.1, -0.05) is 43.3 Å². The standard InChI is InChI=1S/C22H22N2O5S/c1-2-15-7-9-16(10-8-15)23-30(27,28)22-19(24-11-13-29-14-12-24)20(25)17-5-3-4-6-18(17)21(22)26/h3-10,23H,2,11-14H2,1H3.